The van der Waals surface area contributed by atoms with E-state index >= 15 is 0 Å². The number of nitrogens with one attached hydrogen (secondary N) is 3. The third kappa shape index (κ3) is 8.98. The number of nitrogen functional groups attached to an aromatic ring is 1. The Morgan fingerprint density at radius 2 is 1.38 bits per heavy atom. The zero-order valence-corrected chi connectivity index (χ0v) is 33.6. The molecule has 0 fully saturated rings. The molecule has 5 N–H and O–H groups in total. The maximum atomic E-state index is 14.0. The first-order valence-electron chi connectivity index (χ1n) is 14.5. The molecule has 1 aromatic heterocycles. The summed E-state index contributed by atoms with van der Waals surface area (Å²) in [6.45, 7) is 0. The summed E-state index contributed by atoms with van der Waals surface area (Å²) in [6.07, 6.45) is 0.536. The van der Waals surface area contributed by atoms with Gasteiger partial charge in [0.15, 0.2) is 0 Å². The number of fused-ring (bicyclic) bond motifs is 2. The third-order valence-electron chi connectivity index (χ3n) is 7.47. The number of nitrogens with zero attached hydrogens (tertiary/aromatic N) is 4. The summed E-state index contributed by atoms with van der Waals surface area (Å²) in [7, 11) is -21.1. The van der Waals surface area contributed by atoms with E-state index in [2.05, 4.69) is 36.1 Å². The molecule has 56 heavy (non-hydrogen) atoms. The molecule has 5 aromatic rings. The first-order valence-corrected chi connectivity index (χ1v) is 20.5. The second kappa shape index (κ2) is 15.4. The van der Waals surface area contributed by atoms with Crippen molar-refractivity contribution in [3.8, 4) is 0 Å². The van der Waals surface area contributed by atoms with E-state index in [-0.39, 0.29) is 46.6 Å². The fourth-order valence-corrected chi connectivity index (χ4v) is 8.03. The van der Waals surface area contributed by atoms with Gasteiger partial charge in [-0.05, 0) is 65.0 Å². The van der Waals surface area contributed by atoms with E-state index in [1.54, 1.807) is 6.07 Å². The summed E-state index contributed by atoms with van der Waals surface area (Å²) in [5.41, 5.74) is 3.98. The number of aromatic nitrogens is 3. The summed E-state index contributed by atoms with van der Waals surface area (Å²) in [4.78, 5) is 21.8. The van der Waals surface area contributed by atoms with Crippen molar-refractivity contribution in [1.29, 1.82) is 0 Å². The van der Waals surface area contributed by atoms with Gasteiger partial charge in [0.2, 0.25) is 23.0 Å². The van der Waals surface area contributed by atoms with Crippen molar-refractivity contribution in [2.75, 3.05) is 21.8 Å². The van der Waals surface area contributed by atoms with Crippen LogP contribution in [0.3, 0.4) is 0 Å². The predicted octanol–water partition coefficient (Wildman–Crippen LogP) is -0.986. The van der Waals surface area contributed by atoms with Gasteiger partial charge in [-0.25, -0.2) is 33.7 Å². The number of nitrogens with two attached hydrogens (primary N) is 1. The van der Waals surface area contributed by atoms with E-state index in [1.165, 1.54) is 24.3 Å². The number of allylic oxidation sites excluding steroid dienone is 1. The number of hydrogen-bond donors (Lipinski definition) is 4. The molecule has 1 aliphatic rings. The number of benzene rings is 4. The van der Waals surface area contributed by atoms with Crippen molar-refractivity contribution in [2.45, 2.75) is 14.7 Å². The van der Waals surface area contributed by atoms with Gasteiger partial charge >= 0.3 is 29.6 Å². The molecule has 0 radical (unpaired) electrons. The molecular formula is C29H17ClN8NaO13S4-3. The molecule has 0 aliphatic heterocycles. The number of carbonyl (C=O) groups excluding carboxylic acids is 1. The number of ketones is 1. The van der Waals surface area contributed by atoms with Gasteiger partial charge < -0.3 is 34.6 Å². The SMILES string of the molecule is Nc1cc(Nc2nc(Cl)nc(Nc3cc(S(=O)(=O)[O-])cc4c3C(=O)/C(=N/Nc3ccc5ccccc5c3S(=O)(=O)[O-])C(S(=O)(=O)[O-])=C4)n2)ccc1S(=O)(=O)[O-].[Na+]. The van der Waals surface area contributed by atoms with Gasteiger partial charge in [0.1, 0.15) is 46.2 Å². The second-order valence-electron chi connectivity index (χ2n) is 11.1. The number of Topliss-reactive ketones (excluding diaryl/α,β-unsaturated/α-hetero) is 1. The molecule has 4 aromatic carbocycles. The second-order valence-corrected chi connectivity index (χ2v) is 16.8. The molecule has 0 unspecified atom stereocenters. The molecule has 0 saturated carbocycles. The molecule has 0 saturated heterocycles. The van der Waals surface area contributed by atoms with Crippen molar-refractivity contribution in [2.24, 2.45) is 5.10 Å². The number of rotatable bonds is 10. The average molecular weight is 872 g/mol. The van der Waals surface area contributed by atoms with E-state index in [0.29, 0.717) is 23.6 Å². The first kappa shape index (κ1) is 42.5. The van der Waals surface area contributed by atoms with Gasteiger partial charge in [0, 0.05) is 11.1 Å². The molecule has 0 amide bonds. The molecule has 27 heteroatoms. The molecule has 0 atom stereocenters. The van der Waals surface area contributed by atoms with Gasteiger partial charge in [-0.1, -0.05) is 30.3 Å². The van der Waals surface area contributed by atoms with Gasteiger partial charge in [0.05, 0.1) is 42.2 Å². The van der Waals surface area contributed by atoms with Crippen molar-refractivity contribution in [1.82, 2.24) is 15.0 Å². The summed E-state index contributed by atoms with van der Waals surface area (Å²) in [5, 5.41) is 8.50. The molecule has 286 valence electrons. The summed E-state index contributed by atoms with van der Waals surface area (Å²) in [6, 6.07) is 12.6. The van der Waals surface area contributed by atoms with Crippen LogP contribution in [0.1, 0.15) is 15.9 Å². The van der Waals surface area contributed by atoms with Crippen LogP contribution in [0.5, 0.6) is 0 Å². The van der Waals surface area contributed by atoms with Crippen LogP contribution in [0.2, 0.25) is 5.28 Å². The Morgan fingerprint density at radius 1 is 0.714 bits per heavy atom. The predicted molar refractivity (Wildman–Crippen MR) is 190 cm³/mol. The fourth-order valence-electron chi connectivity index (χ4n) is 5.27. The largest absolute Gasteiger partial charge is 1.00 e. The molecule has 0 bridgehead atoms. The van der Waals surface area contributed by atoms with E-state index in [0.717, 1.165) is 24.3 Å². The summed E-state index contributed by atoms with van der Waals surface area (Å²) >= 11 is 6.04. The van der Waals surface area contributed by atoms with Crippen molar-refractivity contribution < 1.29 is 86.2 Å². The topological polar surface area (TPSA) is 359 Å². The Morgan fingerprint density at radius 3 is 1.98 bits per heavy atom. The van der Waals surface area contributed by atoms with Crippen LogP contribution >= 0.6 is 11.6 Å². The molecule has 1 heterocycles. The number of anilines is 6. The van der Waals surface area contributed by atoms with Crippen LogP contribution < -0.4 is 51.4 Å². The van der Waals surface area contributed by atoms with Crippen molar-refractivity contribution in [3.05, 3.63) is 88.0 Å². The van der Waals surface area contributed by atoms with Crippen LogP contribution in [0, 0.1) is 0 Å². The standard InChI is InChI=1S/C29H21ClN8O13S4.Na/c30-27-34-28(32-15-6-8-21(18(31)11-15)53(43,44)45)36-29(35-27)33-20-12-16(52(40,41)42)9-14-10-22(54(46,47)48)24(25(39)23(14)20)38-37-19-7-5-13-3-1-2-4-17(13)26(19)55(49,50)51;/h1-12,37H,31H2,(H,40,41,42)(H,43,44,45)(H,46,47,48)(H,49,50,51)(H2,32,33,34,35,36);/q;+1/p-4/b38-24+;. The summed E-state index contributed by atoms with van der Waals surface area (Å²) in [5.74, 6) is -2.32. The minimum absolute atomic E-state index is 0. The molecule has 6 rings (SSSR count). The van der Waals surface area contributed by atoms with Crippen LogP contribution in [0.25, 0.3) is 16.8 Å². The van der Waals surface area contributed by atoms with Crippen molar-refractivity contribution >= 4 is 115 Å². The zero-order chi connectivity index (χ0) is 40.2. The molecule has 1 aliphatic carbocycles. The molecular weight excluding hydrogens is 855 g/mol. The molecule has 21 nitrogen and oxygen atoms in total. The number of hydrazone groups is 1. The quantitative estimate of drug-likeness (QED) is 0.0566. The number of carbonyl (C=O) groups is 1. The Hall–Kier alpha value is -4.64. The van der Waals surface area contributed by atoms with Crippen LogP contribution in [-0.2, 0) is 40.5 Å². The van der Waals surface area contributed by atoms with Crippen LogP contribution in [-0.4, -0.2) is 78.3 Å². The Kier molecular flexibility index (Phi) is 11.7. The Bertz CT molecular complexity index is 3020. The van der Waals surface area contributed by atoms with Crippen LogP contribution in [0.4, 0.5) is 34.6 Å². The average Bonchev–Trinajstić information content (AvgIpc) is 3.05. The summed E-state index contributed by atoms with van der Waals surface area (Å²) < 4.78 is 145. The number of hydrogen-bond acceptors (Lipinski definition) is 21. The van der Waals surface area contributed by atoms with Crippen molar-refractivity contribution in [3.63, 3.8) is 0 Å². The van der Waals surface area contributed by atoms with E-state index in [9.17, 15) is 56.7 Å². The minimum atomic E-state index is -5.63. The van der Waals surface area contributed by atoms with Gasteiger partial charge in [0.25, 0.3) is 0 Å². The normalized spacial score (nSPS) is 14.1. The monoisotopic (exact) mass is 871 g/mol. The molecule has 0 spiro atoms. The fraction of sp³-hybridized carbons (Fsp3) is 0. The van der Waals surface area contributed by atoms with E-state index in [1.807, 2.05) is 0 Å². The maximum Gasteiger partial charge on any atom is 1.00 e. The van der Waals surface area contributed by atoms with Crippen LogP contribution in [0.15, 0.2) is 91.4 Å². The van der Waals surface area contributed by atoms with E-state index < -0.39 is 111 Å². The Balaban J connectivity index is 0.00000600. The smallest absolute Gasteiger partial charge is 0.744 e. The Labute approximate surface area is 343 Å². The van der Waals surface area contributed by atoms with Gasteiger partial charge in [-0.3, -0.25) is 10.2 Å². The van der Waals surface area contributed by atoms with Gasteiger partial charge in [-0.2, -0.15) is 20.1 Å². The minimum Gasteiger partial charge on any atom is -0.744 e. The van der Waals surface area contributed by atoms with E-state index in [4.69, 9.17) is 17.3 Å². The first-order chi connectivity index (χ1) is 25.5. The zero-order valence-electron chi connectivity index (χ0n) is 27.6. The third-order valence-corrected chi connectivity index (χ3v) is 11.2. The van der Waals surface area contributed by atoms with Gasteiger partial charge in [-0.15, -0.1) is 0 Å². The maximum absolute atomic E-state index is 14.0. The number of halogens is 1.